The molecule has 1 aromatic heterocycles. The fraction of sp³-hybridized carbons (Fsp3) is 0.214. The summed E-state index contributed by atoms with van der Waals surface area (Å²) in [5.74, 6) is 0. The number of aromatic nitrogens is 2. The Morgan fingerprint density at radius 1 is 1.35 bits per heavy atom. The molecular formula is C14H17N3. The molecule has 2 rings (SSSR count). The van der Waals surface area contributed by atoms with Gasteiger partial charge in [0.1, 0.15) is 0 Å². The molecule has 0 spiro atoms. The summed E-state index contributed by atoms with van der Waals surface area (Å²) in [7, 11) is 0. The molecule has 88 valence electrons. The second kappa shape index (κ2) is 5.46. The van der Waals surface area contributed by atoms with Gasteiger partial charge in [0.2, 0.25) is 0 Å². The minimum atomic E-state index is 0.0434. The van der Waals surface area contributed by atoms with Gasteiger partial charge in [0, 0.05) is 17.8 Å². The van der Waals surface area contributed by atoms with Gasteiger partial charge in [-0.2, -0.15) is 5.10 Å². The monoisotopic (exact) mass is 227 g/mol. The van der Waals surface area contributed by atoms with Crippen molar-refractivity contribution in [3.05, 3.63) is 59.9 Å². The Balaban J connectivity index is 1.95. The van der Waals surface area contributed by atoms with Crippen LogP contribution in [-0.4, -0.2) is 9.78 Å². The molecule has 0 aliphatic rings. The highest BCUT2D eigenvalue weighted by Gasteiger charge is 2.01. The van der Waals surface area contributed by atoms with Gasteiger partial charge in [0.25, 0.3) is 0 Å². The largest absolute Gasteiger partial charge is 0.324 e. The second-order valence-corrected chi connectivity index (χ2v) is 4.10. The van der Waals surface area contributed by atoms with Crippen LogP contribution in [0.25, 0.3) is 6.08 Å². The lowest BCUT2D eigenvalue weighted by atomic mass is 10.2. The molecule has 0 radical (unpaired) electrons. The highest BCUT2D eigenvalue weighted by atomic mass is 15.3. The molecule has 3 nitrogen and oxygen atoms in total. The van der Waals surface area contributed by atoms with Crippen molar-refractivity contribution in [3.63, 3.8) is 0 Å². The Kier molecular flexibility index (Phi) is 3.73. The molecule has 0 aliphatic heterocycles. The SMILES string of the molecule is CC(N)c1cnn(C/C=C/c2ccccc2)c1. The number of nitrogens with two attached hydrogens (primary N) is 1. The summed E-state index contributed by atoms with van der Waals surface area (Å²) in [6.45, 7) is 2.72. The normalized spacial score (nSPS) is 13.1. The third kappa shape index (κ3) is 3.29. The van der Waals surface area contributed by atoms with Gasteiger partial charge >= 0.3 is 0 Å². The van der Waals surface area contributed by atoms with Crippen LogP contribution in [0.2, 0.25) is 0 Å². The van der Waals surface area contributed by atoms with E-state index in [1.54, 1.807) is 0 Å². The van der Waals surface area contributed by atoms with E-state index in [9.17, 15) is 0 Å². The first-order valence-electron chi connectivity index (χ1n) is 5.75. The standard InChI is InChI=1S/C14H17N3/c1-12(15)14-10-16-17(11-14)9-5-8-13-6-3-2-4-7-13/h2-8,10-12H,9,15H2,1H3/b8-5+. The van der Waals surface area contributed by atoms with E-state index in [4.69, 9.17) is 5.73 Å². The average molecular weight is 227 g/mol. The summed E-state index contributed by atoms with van der Waals surface area (Å²) < 4.78 is 1.89. The van der Waals surface area contributed by atoms with E-state index < -0.39 is 0 Å². The molecule has 3 heteroatoms. The van der Waals surface area contributed by atoms with Crippen LogP contribution in [0.15, 0.2) is 48.8 Å². The van der Waals surface area contributed by atoms with Crippen molar-refractivity contribution < 1.29 is 0 Å². The Morgan fingerprint density at radius 3 is 2.76 bits per heavy atom. The van der Waals surface area contributed by atoms with Crippen molar-refractivity contribution in [2.45, 2.75) is 19.5 Å². The molecule has 0 saturated heterocycles. The lowest BCUT2D eigenvalue weighted by Crippen LogP contribution is -2.03. The molecule has 1 heterocycles. The third-order valence-corrected chi connectivity index (χ3v) is 2.58. The maximum absolute atomic E-state index is 5.78. The summed E-state index contributed by atoms with van der Waals surface area (Å²) in [6, 6.07) is 10.3. The summed E-state index contributed by atoms with van der Waals surface area (Å²) in [4.78, 5) is 0. The number of hydrogen-bond donors (Lipinski definition) is 1. The van der Waals surface area contributed by atoms with Crippen molar-refractivity contribution in [2.75, 3.05) is 0 Å². The lowest BCUT2D eigenvalue weighted by Gasteiger charge is -1.98. The fourth-order valence-corrected chi connectivity index (χ4v) is 1.58. The molecule has 17 heavy (non-hydrogen) atoms. The van der Waals surface area contributed by atoms with Crippen molar-refractivity contribution in [1.82, 2.24) is 9.78 Å². The molecule has 1 aromatic carbocycles. The zero-order valence-electron chi connectivity index (χ0n) is 9.95. The van der Waals surface area contributed by atoms with Gasteiger partial charge in [-0.05, 0) is 12.5 Å². The predicted molar refractivity (Wildman–Crippen MR) is 70.3 cm³/mol. The first-order valence-corrected chi connectivity index (χ1v) is 5.75. The number of benzene rings is 1. The molecule has 1 atom stereocenters. The highest BCUT2D eigenvalue weighted by Crippen LogP contribution is 2.07. The van der Waals surface area contributed by atoms with Gasteiger partial charge in [-0.3, -0.25) is 4.68 Å². The zero-order chi connectivity index (χ0) is 12.1. The predicted octanol–water partition coefficient (Wildman–Crippen LogP) is 2.62. The second-order valence-electron chi connectivity index (χ2n) is 4.10. The van der Waals surface area contributed by atoms with Gasteiger partial charge in [-0.25, -0.2) is 0 Å². The Hall–Kier alpha value is -1.87. The van der Waals surface area contributed by atoms with Crippen LogP contribution in [0, 0.1) is 0 Å². The maximum Gasteiger partial charge on any atom is 0.0593 e. The van der Waals surface area contributed by atoms with Crippen LogP contribution in [0.5, 0.6) is 0 Å². The molecule has 0 amide bonds. The summed E-state index contributed by atoms with van der Waals surface area (Å²) in [5, 5.41) is 4.25. The summed E-state index contributed by atoms with van der Waals surface area (Å²) in [6.07, 6.45) is 7.99. The Labute approximate surface area is 102 Å². The number of allylic oxidation sites excluding steroid dienone is 1. The minimum Gasteiger partial charge on any atom is -0.324 e. The first-order chi connectivity index (χ1) is 8.25. The van der Waals surface area contributed by atoms with E-state index in [0.29, 0.717) is 0 Å². The molecule has 0 fully saturated rings. The van der Waals surface area contributed by atoms with E-state index in [0.717, 1.165) is 12.1 Å². The van der Waals surface area contributed by atoms with Gasteiger partial charge in [-0.1, -0.05) is 42.5 Å². The third-order valence-electron chi connectivity index (χ3n) is 2.58. The van der Waals surface area contributed by atoms with Crippen LogP contribution in [0.1, 0.15) is 24.1 Å². The molecule has 2 aromatic rings. The molecular weight excluding hydrogens is 210 g/mol. The molecule has 2 N–H and O–H groups in total. The van der Waals surface area contributed by atoms with Crippen molar-refractivity contribution in [1.29, 1.82) is 0 Å². The minimum absolute atomic E-state index is 0.0434. The van der Waals surface area contributed by atoms with Crippen molar-refractivity contribution in [2.24, 2.45) is 5.73 Å². The van der Waals surface area contributed by atoms with Gasteiger partial charge in [0.15, 0.2) is 0 Å². The van der Waals surface area contributed by atoms with Gasteiger partial charge in [-0.15, -0.1) is 0 Å². The summed E-state index contributed by atoms with van der Waals surface area (Å²) >= 11 is 0. The Morgan fingerprint density at radius 2 is 2.12 bits per heavy atom. The van der Waals surface area contributed by atoms with Gasteiger partial charge in [0.05, 0.1) is 12.7 Å². The van der Waals surface area contributed by atoms with E-state index in [1.807, 2.05) is 42.2 Å². The topological polar surface area (TPSA) is 43.8 Å². The van der Waals surface area contributed by atoms with Crippen LogP contribution >= 0.6 is 0 Å². The highest BCUT2D eigenvalue weighted by molar-refractivity contribution is 5.48. The molecule has 0 aliphatic carbocycles. The van der Waals surface area contributed by atoms with Crippen LogP contribution < -0.4 is 5.73 Å². The number of hydrogen-bond acceptors (Lipinski definition) is 2. The number of nitrogens with zero attached hydrogens (tertiary/aromatic N) is 2. The smallest absolute Gasteiger partial charge is 0.0593 e. The lowest BCUT2D eigenvalue weighted by molar-refractivity contribution is 0.701. The molecule has 1 unspecified atom stereocenters. The zero-order valence-corrected chi connectivity index (χ0v) is 9.95. The molecule has 0 saturated carbocycles. The molecule has 0 bridgehead atoms. The van der Waals surface area contributed by atoms with Crippen LogP contribution in [0.4, 0.5) is 0 Å². The maximum atomic E-state index is 5.78. The van der Waals surface area contributed by atoms with Crippen molar-refractivity contribution in [3.8, 4) is 0 Å². The van der Waals surface area contributed by atoms with Crippen LogP contribution in [-0.2, 0) is 6.54 Å². The van der Waals surface area contributed by atoms with E-state index in [1.165, 1.54) is 5.56 Å². The summed E-state index contributed by atoms with van der Waals surface area (Å²) in [5.41, 5.74) is 8.04. The van der Waals surface area contributed by atoms with Crippen LogP contribution in [0.3, 0.4) is 0 Å². The number of rotatable bonds is 4. The Bertz CT molecular complexity index is 483. The van der Waals surface area contributed by atoms with Gasteiger partial charge < -0.3 is 5.73 Å². The first kappa shape index (κ1) is 11.6. The van der Waals surface area contributed by atoms with Crippen molar-refractivity contribution >= 4 is 6.08 Å². The van der Waals surface area contributed by atoms with E-state index in [-0.39, 0.29) is 6.04 Å². The fourth-order valence-electron chi connectivity index (χ4n) is 1.58. The average Bonchev–Trinajstić information content (AvgIpc) is 2.79. The quantitative estimate of drug-likeness (QED) is 0.872. The van der Waals surface area contributed by atoms with E-state index >= 15 is 0 Å². The van der Waals surface area contributed by atoms with E-state index in [2.05, 4.69) is 29.4 Å².